The highest BCUT2D eigenvalue weighted by atomic mass is 32.1. The summed E-state index contributed by atoms with van der Waals surface area (Å²) in [6.07, 6.45) is 20.6. The Balaban J connectivity index is 1.39. The van der Waals surface area contributed by atoms with Crippen LogP contribution in [0, 0.1) is 13.8 Å². The number of aryl methyl sites for hydroxylation is 2. The van der Waals surface area contributed by atoms with Crippen LogP contribution in [0.4, 0.5) is 5.95 Å². The molecule has 6 heteroatoms. The Kier molecular flexibility index (Phi) is 12.0. The number of fused-ring (bicyclic) bond motifs is 1. The van der Waals surface area contributed by atoms with E-state index in [4.69, 9.17) is 0 Å². The van der Waals surface area contributed by atoms with Crippen molar-refractivity contribution in [2.45, 2.75) is 124 Å². The van der Waals surface area contributed by atoms with Gasteiger partial charge in [-0.2, -0.15) is 4.98 Å². The lowest BCUT2D eigenvalue weighted by Gasteiger charge is -2.04. The van der Waals surface area contributed by atoms with Crippen molar-refractivity contribution in [3.8, 4) is 0 Å². The van der Waals surface area contributed by atoms with Gasteiger partial charge in [-0.25, -0.2) is 4.52 Å². The van der Waals surface area contributed by atoms with E-state index in [2.05, 4.69) is 29.2 Å². The largest absolute Gasteiger partial charge is 0.293 e. The highest BCUT2D eigenvalue weighted by Gasteiger charge is 2.12. The molecule has 2 aromatic rings. The molecule has 0 radical (unpaired) electrons. The number of aromatic nitrogens is 3. The second-order valence-corrected chi connectivity index (χ2v) is 9.80. The predicted octanol–water partition coefficient (Wildman–Crippen LogP) is 7.61. The van der Waals surface area contributed by atoms with Crippen LogP contribution >= 0.6 is 11.3 Å². The number of hydrogen-bond acceptors (Lipinski definition) is 4. The minimum absolute atomic E-state index is 0.0253. The molecule has 1 N–H and O–H groups in total. The number of carbonyl (C=O) groups excluding carboxylic acids is 1. The molecule has 0 saturated carbocycles. The van der Waals surface area contributed by atoms with Crippen molar-refractivity contribution < 1.29 is 4.79 Å². The topological polar surface area (TPSA) is 59.3 Å². The Morgan fingerprint density at radius 1 is 0.833 bits per heavy atom. The van der Waals surface area contributed by atoms with Gasteiger partial charge in [0.1, 0.15) is 0 Å². The van der Waals surface area contributed by atoms with E-state index in [1.807, 2.05) is 11.4 Å². The fraction of sp³-hybridized carbons (Fsp3) is 0.792. The number of nitrogens with zero attached hydrogens (tertiary/aromatic N) is 3. The van der Waals surface area contributed by atoms with Crippen LogP contribution in [-0.4, -0.2) is 20.5 Å². The van der Waals surface area contributed by atoms with Crippen LogP contribution in [0.1, 0.15) is 120 Å². The first-order valence-electron chi connectivity index (χ1n) is 12.2. The lowest BCUT2D eigenvalue weighted by Crippen LogP contribution is -2.12. The molecular weight excluding hydrogens is 392 g/mol. The van der Waals surface area contributed by atoms with E-state index in [-0.39, 0.29) is 5.91 Å². The van der Waals surface area contributed by atoms with Crippen LogP contribution in [0.3, 0.4) is 0 Å². The fourth-order valence-corrected chi connectivity index (χ4v) is 4.74. The average molecular weight is 435 g/mol. The maximum atomic E-state index is 12.1. The summed E-state index contributed by atoms with van der Waals surface area (Å²) >= 11 is 1.60. The molecule has 0 aliphatic rings. The van der Waals surface area contributed by atoms with Gasteiger partial charge in [-0.1, -0.05) is 108 Å². The summed E-state index contributed by atoms with van der Waals surface area (Å²) in [4.78, 5) is 18.5. The van der Waals surface area contributed by atoms with Crippen LogP contribution < -0.4 is 5.32 Å². The zero-order valence-corrected chi connectivity index (χ0v) is 20.3. The molecule has 1 amide bonds. The number of amides is 1. The minimum Gasteiger partial charge on any atom is -0.293 e. The van der Waals surface area contributed by atoms with Crippen molar-refractivity contribution in [3.63, 3.8) is 0 Å². The second-order valence-electron chi connectivity index (χ2n) is 8.62. The van der Waals surface area contributed by atoms with Gasteiger partial charge < -0.3 is 0 Å². The molecule has 0 saturated heterocycles. The number of rotatable bonds is 17. The van der Waals surface area contributed by atoms with E-state index in [9.17, 15) is 4.79 Å². The Bertz CT molecular complexity index is 737. The van der Waals surface area contributed by atoms with Crippen LogP contribution in [-0.2, 0) is 4.79 Å². The van der Waals surface area contributed by atoms with Crippen molar-refractivity contribution in [3.05, 3.63) is 10.6 Å². The van der Waals surface area contributed by atoms with Gasteiger partial charge in [0, 0.05) is 11.3 Å². The summed E-state index contributed by atoms with van der Waals surface area (Å²) < 4.78 is 1.81. The van der Waals surface area contributed by atoms with Gasteiger partial charge in [0.25, 0.3) is 0 Å². The molecule has 0 fully saturated rings. The van der Waals surface area contributed by atoms with Gasteiger partial charge in [0.2, 0.25) is 16.8 Å². The van der Waals surface area contributed by atoms with Gasteiger partial charge >= 0.3 is 0 Å². The van der Waals surface area contributed by atoms with E-state index in [1.165, 1.54) is 88.3 Å². The van der Waals surface area contributed by atoms with Gasteiger partial charge in [0.05, 0.1) is 5.69 Å². The summed E-state index contributed by atoms with van der Waals surface area (Å²) in [5.74, 6) is 0.452. The predicted molar refractivity (Wildman–Crippen MR) is 129 cm³/mol. The highest BCUT2D eigenvalue weighted by Crippen LogP contribution is 2.21. The average Bonchev–Trinajstić information content (AvgIpc) is 3.22. The summed E-state index contributed by atoms with van der Waals surface area (Å²) in [5, 5.41) is 7.22. The second kappa shape index (κ2) is 14.6. The first-order chi connectivity index (χ1) is 14.6. The van der Waals surface area contributed by atoms with Crippen LogP contribution in [0.2, 0.25) is 0 Å². The van der Waals surface area contributed by atoms with E-state index in [0.29, 0.717) is 12.4 Å². The molecule has 2 rings (SSSR count). The smallest absolute Gasteiger partial charge is 0.250 e. The van der Waals surface area contributed by atoms with E-state index in [0.717, 1.165) is 23.5 Å². The zero-order chi connectivity index (χ0) is 21.6. The van der Waals surface area contributed by atoms with Gasteiger partial charge in [-0.15, -0.1) is 5.10 Å². The third kappa shape index (κ3) is 9.15. The van der Waals surface area contributed by atoms with Crippen molar-refractivity contribution in [2.75, 3.05) is 5.32 Å². The molecule has 2 heterocycles. The van der Waals surface area contributed by atoms with E-state index < -0.39 is 0 Å². The maximum Gasteiger partial charge on any atom is 0.250 e. The molecule has 5 nitrogen and oxygen atoms in total. The number of hydrogen-bond donors (Lipinski definition) is 1. The Hall–Kier alpha value is -1.43. The number of unbranched alkanes of at least 4 members (excludes halogenated alkanes) is 14. The molecule has 0 unspecified atom stereocenters. The third-order valence-electron chi connectivity index (χ3n) is 5.91. The Labute approximate surface area is 187 Å². The maximum absolute atomic E-state index is 12.1. The first kappa shape index (κ1) is 24.8. The Morgan fingerprint density at radius 3 is 1.83 bits per heavy atom. The fourth-order valence-electron chi connectivity index (χ4n) is 3.84. The lowest BCUT2D eigenvalue weighted by molar-refractivity contribution is -0.116. The minimum atomic E-state index is 0.0253. The summed E-state index contributed by atoms with van der Waals surface area (Å²) in [7, 11) is 0. The van der Waals surface area contributed by atoms with E-state index in [1.54, 1.807) is 11.3 Å². The molecular formula is C24H42N4OS. The summed E-state index contributed by atoms with van der Waals surface area (Å²) in [5.41, 5.74) is 1.09. The highest BCUT2D eigenvalue weighted by molar-refractivity contribution is 7.17. The van der Waals surface area contributed by atoms with Crippen LogP contribution in [0.25, 0.3) is 4.96 Å². The van der Waals surface area contributed by atoms with Crippen LogP contribution in [0.5, 0.6) is 0 Å². The van der Waals surface area contributed by atoms with Gasteiger partial charge in [-0.3, -0.25) is 10.1 Å². The molecule has 30 heavy (non-hydrogen) atoms. The monoisotopic (exact) mass is 434 g/mol. The normalized spacial score (nSPS) is 11.4. The van der Waals surface area contributed by atoms with Crippen LogP contribution in [0.15, 0.2) is 0 Å². The molecule has 0 aromatic carbocycles. The van der Waals surface area contributed by atoms with Gasteiger partial charge in [0.15, 0.2) is 0 Å². The van der Waals surface area contributed by atoms with E-state index >= 15 is 0 Å². The molecule has 0 aliphatic carbocycles. The molecule has 0 spiro atoms. The van der Waals surface area contributed by atoms with Crippen molar-refractivity contribution >= 4 is 28.2 Å². The molecule has 2 aromatic heterocycles. The van der Waals surface area contributed by atoms with Crippen molar-refractivity contribution in [1.82, 2.24) is 14.6 Å². The van der Waals surface area contributed by atoms with Crippen molar-refractivity contribution in [1.29, 1.82) is 0 Å². The lowest BCUT2D eigenvalue weighted by atomic mass is 10.0. The standard InChI is InChI=1S/C24H42N4OS/c1-4-5-6-7-8-9-10-11-12-13-14-15-16-17-18-19-22(29)25-23-26-24-28(27-23)20(2)21(3)30-24/h4-19H2,1-3H3,(H,25,27,29). The van der Waals surface area contributed by atoms with Gasteiger partial charge in [-0.05, 0) is 20.3 Å². The first-order valence-corrected chi connectivity index (χ1v) is 13.1. The quantitative estimate of drug-likeness (QED) is 0.261. The number of anilines is 1. The number of carbonyl (C=O) groups is 1. The molecule has 0 aliphatic heterocycles. The van der Waals surface area contributed by atoms with Crippen molar-refractivity contribution in [2.24, 2.45) is 0 Å². The molecule has 170 valence electrons. The molecule has 0 bridgehead atoms. The SMILES string of the molecule is CCCCCCCCCCCCCCCCCC(=O)Nc1nc2sc(C)c(C)n2n1. The Morgan fingerprint density at radius 2 is 1.33 bits per heavy atom. The summed E-state index contributed by atoms with van der Waals surface area (Å²) in [6.45, 7) is 6.36. The number of nitrogens with one attached hydrogen (secondary N) is 1. The molecule has 0 atom stereocenters. The third-order valence-corrected chi connectivity index (χ3v) is 6.96. The number of thiazole rings is 1. The summed E-state index contributed by atoms with van der Waals surface area (Å²) in [6, 6.07) is 0. The zero-order valence-electron chi connectivity index (χ0n) is 19.5.